The van der Waals surface area contributed by atoms with Crippen molar-refractivity contribution >= 4 is 23.3 Å². The number of carbonyl (C=O) groups is 3. The quantitative estimate of drug-likeness (QED) is 0.520. The topological polar surface area (TPSA) is 86.6 Å². The maximum atomic E-state index is 12.4. The van der Waals surface area contributed by atoms with E-state index >= 15 is 0 Å². The summed E-state index contributed by atoms with van der Waals surface area (Å²) >= 11 is 0. The number of carbonyl (C=O) groups excluding carboxylic acids is 3. The molecule has 0 spiro atoms. The van der Waals surface area contributed by atoms with E-state index in [0.717, 1.165) is 17.1 Å². The Morgan fingerprint density at radius 2 is 1.67 bits per heavy atom. The van der Waals surface area contributed by atoms with Crippen LogP contribution in [-0.2, 0) is 9.53 Å². The lowest BCUT2D eigenvalue weighted by Gasteiger charge is -2.18. The highest BCUT2D eigenvalue weighted by atomic mass is 16.5. The summed E-state index contributed by atoms with van der Waals surface area (Å²) in [4.78, 5) is 36.2. The van der Waals surface area contributed by atoms with Gasteiger partial charge in [0.2, 0.25) is 0 Å². The van der Waals surface area contributed by atoms with Crippen molar-refractivity contribution in [3.05, 3.63) is 77.1 Å². The Morgan fingerprint density at radius 3 is 2.37 bits per heavy atom. The van der Waals surface area contributed by atoms with E-state index < -0.39 is 12.6 Å². The van der Waals surface area contributed by atoms with Crippen molar-refractivity contribution in [1.29, 1.82) is 0 Å². The second kappa shape index (κ2) is 7.87. The second-order valence-corrected chi connectivity index (χ2v) is 7.05. The first-order valence-corrected chi connectivity index (χ1v) is 9.45. The lowest BCUT2D eigenvalue weighted by atomic mass is 10.1. The van der Waals surface area contributed by atoms with E-state index in [0.29, 0.717) is 22.6 Å². The van der Waals surface area contributed by atoms with Crippen LogP contribution in [0, 0.1) is 13.8 Å². The van der Waals surface area contributed by atoms with Gasteiger partial charge in [-0.2, -0.15) is 0 Å². The SMILES string of the molecule is Cc1ccc(C)n1-c1ccc(C(=O)OCC(=O)c2ccc3c(c2)NC(=O)CO3)cc1. The Balaban J connectivity index is 1.40. The van der Waals surface area contributed by atoms with E-state index in [-0.39, 0.29) is 18.3 Å². The number of ether oxygens (including phenoxy) is 2. The summed E-state index contributed by atoms with van der Waals surface area (Å²) in [6.45, 7) is 3.57. The number of Topliss-reactive ketones (excluding diaryl/α,β-unsaturated/α-hetero) is 1. The van der Waals surface area contributed by atoms with Crippen molar-refractivity contribution in [1.82, 2.24) is 4.57 Å². The Bertz CT molecular complexity index is 1130. The first kappa shape index (κ1) is 19.4. The van der Waals surface area contributed by atoms with Crippen LogP contribution in [0.15, 0.2) is 54.6 Å². The van der Waals surface area contributed by atoms with Crippen LogP contribution < -0.4 is 10.1 Å². The lowest BCUT2D eigenvalue weighted by Crippen LogP contribution is -2.25. The Morgan fingerprint density at radius 1 is 1.00 bits per heavy atom. The Labute approximate surface area is 173 Å². The molecule has 7 heteroatoms. The van der Waals surface area contributed by atoms with E-state index in [2.05, 4.69) is 9.88 Å². The van der Waals surface area contributed by atoms with Crippen molar-refractivity contribution in [3.8, 4) is 11.4 Å². The molecule has 30 heavy (non-hydrogen) atoms. The molecule has 2 heterocycles. The minimum atomic E-state index is -0.578. The van der Waals surface area contributed by atoms with Crippen LogP contribution >= 0.6 is 0 Å². The molecule has 1 aliphatic rings. The van der Waals surface area contributed by atoms with Crippen molar-refractivity contribution in [2.45, 2.75) is 13.8 Å². The van der Waals surface area contributed by atoms with Gasteiger partial charge in [-0.1, -0.05) is 0 Å². The molecule has 0 fully saturated rings. The monoisotopic (exact) mass is 404 g/mol. The van der Waals surface area contributed by atoms with Gasteiger partial charge in [0.1, 0.15) is 5.75 Å². The Kier molecular flexibility index (Phi) is 5.10. The van der Waals surface area contributed by atoms with Gasteiger partial charge < -0.3 is 19.4 Å². The zero-order chi connectivity index (χ0) is 21.3. The number of rotatable bonds is 5. The number of ketones is 1. The molecule has 0 atom stereocenters. The van der Waals surface area contributed by atoms with Crippen LogP contribution in [0.3, 0.4) is 0 Å². The molecule has 1 N–H and O–H groups in total. The summed E-state index contributed by atoms with van der Waals surface area (Å²) in [5.41, 5.74) is 4.25. The standard InChI is InChI=1S/C23H20N2O5/c1-14-3-4-15(2)25(14)18-8-5-16(6-9-18)23(28)30-12-20(26)17-7-10-21-19(11-17)24-22(27)13-29-21/h3-11H,12-13H2,1-2H3,(H,24,27). The molecule has 0 unspecified atom stereocenters. The molecule has 4 rings (SSSR count). The van der Waals surface area contributed by atoms with Gasteiger partial charge in [0.25, 0.3) is 5.91 Å². The largest absolute Gasteiger partial charge is 0.482 e. The molecule has 0 bridgehead atoms. The van der Waals surface area contributed by atoms with Gasteiger partial charge in [-0.15, -0.1) is 0 Å². The van der Waals surface area contributed by atoms with Crippen molar-refractivity contribution in [3.63, 3.8) is 0 Å². The molecule has 0 saturated heterocycles. The molecular formula is C23H20N2O5. The molecule has 1 aromatic heterocycles. The lowest BCUT2D eigenvalue weighted by molar-refractivity contribution is -0.118. The molecule has 3 aromatic rings. The number of esters is 1. The first-order chi connectivity index (χ1) is 14.4. The average molecular weight is 404 g/mol. The summed E-state index contributed by atoms with van der Waals surface area (Å²) in [6.07, 6.45) is 0. The van der Waals surface area contributed by atoms with Crippen LogP contribution in [0.1, 0.15) is 32.1 Å². The molecule has 1 amide bonds. The van der Waals surface area contributed by atoms with Crippen molar-refractivity contribution in [2.75, 3.05) is 18.5 Å². The highest BCUT2D eigenvalue weighted by Gasteiger charge is 2.19. The van der Waals surface area contributed by atoms with E-state index in [9.17, 15) is 14.4 Å². The van der Waals surface area contributed by atoms with Crippen LogP contribution in [0.4, 0.5) is 5.69 Å². The van der Waals surface area contributed by atoms with Crippen LogP contribution in [0.5, 0.6) is 5.75 Å². The number of nitrogens with zero attached hydrogens (tertiary/aromatic N) is 1. The van der Waals surface area contributed by atoms with E-state index in [1.54, 1.807) is 24.3 Å². The van der Waals surface area contributed by atoms with Gasteiger partial charge in [0.15, 0.2) is 19.0 Å². The van der Waals surface area contributed by atoms with Crippen LogP contribution in [0.2, 0.25) is 0 Å². The third-order valence-electron chi connectivity index (χ3n) is 4.90. The summed E-state index contributed by atoms with van der Waals surface area (Å²) < 4.78 is 12.5. The highest BCUT2D eigenvalue weighted by molar-refractivity contribution is 6.02. The van der Waals surface area contributed by atoms with Gasteiger partial charge >= 0.3 is 5.97 Å². The number of aryl methyl sites for hydroxylation is 2. The fraction of sp³-hybridized carbons (Fsp3) is 0.174. The van der Waals surface area contributed by atoms with Crippen molar-refractivity contribution < 1.29 is 23.9 Å². The number of hydrogen-bond acceptors (Lipinski definition) is 5. The third-order valence-corrected chi connectivity index (χ3v) is 4.90. The number of hydrogen-bond donors (Lipinski definition) is 1. The molecule has 0 radical (unpaired) electrons. The zero-order valence-electron chi connectivity index (χ0n) is 16.6. The average Bonchev–Trinajstić information content (AvgIpc) is 3.09. The summed E-state index contributed by atoms with van der Waals surface area (Å²) in [5.74, 6) is -0.740. The molecular weight excluding hydrogens is 384 g/mol. The van der Waals surface area contributed by atoms with E-state index in [1.807, 2.05) is 38.1 Å². The third kappa shape index (κ3) is 3.82. The first-order valence-electron chi connectivity index (χ1n) is 9.45. The summed E-state index contributed by atoms with van der Waals surface area (Å²) in [7, 11) is 0. The maximum absolute atomic E-state index is 12.4. The fourth-order valence-electron chi connectivity index (χ4n) is 3.38. The molecule has 1 aliphatic heterocycles. The van der Waals surface area contributed by atoms with Gasteiger partial charge in [-0.05, 0) is 68.4 Å². The molecule has 2 aromatic carbocycles. The molecule has 152 valence electrons. The highest BCUT2D eigenvalue weighted by Crippen LogP contribution is 2.28. The number of aromatic nitrogens is 1. The van der Waals surface area contributed by atoms with Gasteiger partial charge in [-0.25, -0.2) is 4.79 Å². The van der Waals surface area contributed by atoms with Crippen LogP contribution in [-0.4, -0.2) is 35.4 Å². The summed E-state index contributed by atoms with van der Waals surface area (Å²) in [6, 6.07) is 15.8. The number of nitrogens with one attached hydrogen (secondary N) is 1. The minimum Gasteiger partial charge on any atom is -0.482 e. The van der Waals surface area contributed by atoms with E-state index in [4.69, 9.17) is 9.47 Å². The predicted molar refractivity (Wildman–Crippen MR) is 110 cm³/mol. The maximum Gasteiger partial charge on any atom is 0.338 e. The van der Waals surface area contributed by atoms with Gasteiger partial charge in [-0.3, -0.25) is 9.59 Å². The Hall–Kier alpha value is -3.87. The van der Waals surface area contributed by atoms with Gasteiger partial charge in [0.05, 0.1) is 11.3 Å². The smallest absolute Gasteiger partial charge is 0.338 e. The van der Waals surface area contributed by atoms with Crippen molar-refractivity contribution in [2.24, 2.45) is 0 Å². The number of amides is 1. The summed E-state index contributed by atoms with van der Waals surface area (Å²) in [5, 5.41) is 2.64. The number of anilines is 1. The van der Waals surface area contributed by atoms with Gasteiger partial charge in [0, 0.05) is 22.6 Å². The zero-order valence-corrected chi connectivity index (χ0v) is 16.6. The van der Waals surface area contributed by atoms with E-state index in [1.165, 1.54) is 6.07 Å². The molecule has 0 aliphatic carbocycles. The minimum absolute atomic E-state index is 0.0554. The normalized spacial score (nSPS) is 12.5. The number of benzene rings is 2. The predicted octanol–water partition coefficient (Wildman–Crippen LogP) is 3.46. The number of fused-ring (bicyclic) bond motifs is 1. The fourth-order valence-corrected chi connectivity index (χ4v) is 3.38. The second-order valence-electron chi connectivity index (χ2n) is 7.05. The molecule has 0 saturated carbocycles. The van der Waals surface area contributed by atoms with Crippen LogP contribution in [0.25, 0.3) is 5.69 Å². The molecule has 7 nitrogen and oxygen atoms in total.